The molecule has 100 valence electrons. The normalized spacial score (nSPS) is 30.8. The van der Waals surface area contributed by atoms with Crippen molar-refractivity contribution in [3.63, 3.8) is 0 Å². The minimum Gasteiger partial charge on any atom is -0.444 e. The van der Waals surface area contributed by atoms with E-state index in [0.717, 1.165) is 25.7 Å². The third-order valence-electron chi connectivity index (χ3n) is 3.53. The Morgan fingerprint density at radius 2 is 1.89 bits per heavy atom. The number of carbonyl (C=O) groups excluding carboxylic acids is 1. The van der Waals surface area contributed by atoms with E-state index in [1.54, 1.807) is 0 Å². The molecule has 2 aliphatic heterocycles. The molecule has 0 saturated carbocycles. The Morgan fingerprint density at radius 3 is 2.33 bits per heavy atom. The van der Waals surface area contributed by atoms with Crippen LogP contribution in [0.2, 0.25) is 0 Å². The zero-order valence-electron chi connectivity index (χ0n) is 11.2. The van der Waals surface area contributed by atoms with Crippen LogP contribution in [0.3, 0.4) is 0 Å². The molecule has 2 saturated heterocycles. The lowest BCUT2D eigenvalue weighted by molar-refractivity contribution is 0.00620. The molecule has 2 atom stereocenters. The molecule has 2 bridgehead atoms. The number of nitrogens with zero attached hydrogens (tertiary/aromatic N) is 4. The topological polar surface area (TPSA) is 78.3 Å². The molecule has 2 rings (SSSR count). The van der Waals surface area contributed by atoms with Crippen LogP contribution in [0.5, 0.6) is 0 Å². The van der Waals surface area contributed by atoms with E-state index in [-0.39, 0.29) is 24.2 Å². The van der Waals surface area contributed by atoms with Gasteiger partial charge in [-0.05, 0) is 52.0 Å². The summed E-state index contributed by atoms with van der Waals surface area (Å²) in [5, 5.41) is 3.79. The van der Waals surface area contributed by atoms with Gasteiger partial charge in [0.1, 0.15) is 5.60 Å². The van der Waals surface area contributed by atoms with Gasteiger partial charge in [-0.2, -0.15) is 0 Å². The Morgan fingerprint density at radius 1 is 1.33 bits per heavy atom. The molecule has 6 nitrogen and oxygen atoms in total. The zero-order valence-corrected chi connectivity index (χ0v) is 11.2. The van der Waals surface area contributed by atoms with Crippen LogP contribution in [0.4, 0.5) is 4.79 Å². The zero-order chi connectivity index (χ0) is 13.3. The van der Waals surface area contributed by atoms with Crippen molar-refractivity contribution in [2.45, 2.75) is 70.2 Å². The van der Waals surface area contributed by atoms with E-state index in [1.165, 1.54) is 0 Å². The van der Waals surface area contributed by atoms with Crippen LogP contribution >= 0.6 is 0 Å². The molecular formula is C12H20N4O2. The number of piperidine rings is 1. The van der Waals surface area contributed by atoms with Gasteiger partial charge in [0, 0.05) is 23.0 Å². The summed E-state index contributed by atoms with van der Waals surface area (Å²) in [6.07, 6.45) is 3.27. The van der Waals surface area contributed by atoms with Gasteiger partial charge in [-0.25, -0.2) is 4.79 Å². The summed E-state index contributed by atoms with van der Waals surface area (Å²) in [5.41, 5.74) is 8.03. The summed E-state index contributed by atoms with van der Waals surface area (Å²) in [5.74, 6) is 0. The molecule has 0 radical (unpaired) electrons. The number of amides is 1. The van der Waals surface area contributed by atoms with Gasteiger partial charge in [0.25, 0.3) is 0 Å². The number of hydrogen-bond acceptors (Lipinski definition) is 3. The Bertz CT molecular complexity index is 370. The molecule has 18 heavy (non-hydrogen) atoms. The van der Waals surface area contributed by atoms with E-state index in [0.29, 0.717) is 0 Å². The summed E-state index contributed by atoms with van der Waals surface area (Å²) < 4.78 is 5.44. The van der Waals surface area contributed by atoms with Crippen LogP contribution in [0.1, 0.15) is 46.5 Å². The monoisotopic (exact) mass is 252 g/mol. The average molecular weight is 252 g/mol. The van der Waals surface area contributed by atoms with Gasteiger partial charge < -0.3 is 9.64 Å². The van der Waals surface area contributed by atoms with Crippen LogP contribution in [0, 0.1) is 0 Å². The molecule has 0 spiro atoms. The van der Waals surface area contributed by atoms with Crippen LogP contribution in [0.25, 0.3) is 10.4 Å². The van der Waals surface area contributed by atoms with Gasteiger partial charge in [0.2, 0.25) is 0 Å². The maximum Gasteiger partial charge on any atom is 0.410 e. The first-order valence-corrected chi connectivity index (χ1v) is 6.46. The van der Waals surface area contributed by atoms with Crippen molar-refractivity contribution >= 4 is 6.09 Å². The van der Waals surface area contributed by atoms with Crippen molar-refractivity contribution in [2.24, 2.45) is 5.11 Å². The highest BCUT2D eigenvalue weighted by atomic mass is 16.6. The molecule has 2 heterocycles. The number of ether oxygens (including phenoxy) is 1. The lowest BCUT2D eigenvalue weighted by atomic mass is 9.99. The lowest BCUT2D eigenvalue weighted by Gasteiger charge is -2.38. The van der Waals surface area contributed by atoms with Gasteiger partial charge in [-0.3, -0.25) is 0 Å². The number of rotatable bonds is 1. The first kappa shape index (κ1) is 13.0. The minimum absolute atomic E-state index is 0.0335. The standard InChI is InChI=1S/C12H20N4O2/c1-12(2,3)18-11(17)16-9-4-5-10(16)7-8(6-9)14-15-13/h8-10H,4-7H2,1-3H3. The van der Waals surface area contributed by atoms with Gasteiger partial charge in [0.15, 0.2) is 0 Å². The fraction of sp³-hybridized carbons (Fsp3) is 0.917. The number of fused-ring (bicyclic) bond motifs is 2. The van der Waals surface area contributed by atoms with E-state index in [4.69, 9.17) is 10.3 Å². The second-order valence-electron chi connectivity index (χ2n) is 6.10. The largest absolute Gasteiger partial charge is 0.444 e. The molecule has 1 amide bonds. The quantitative estimate of drug-likeness (QED) is 0.408. The molecule has 2 aliphatic rings. The van der Waals surface area contributed by atoms with Gasteiger partial charge in [-0.15, -0.1) is 0 Å². The SMILES string of the molecule is CC(C)(C)OC(=O)N1C2CCC1CC(N=[N+]=[N-])C2. The number of hydrogen-bond donors (Lipinski definition) is 0. The average Bonchev–Trinajstić information content (AvgIpc) is 2.49. The van der Waals surface area contributed by atoms with E-state index in [9.17, 15) is 4.79 Å². The summed E-state index contributed by atoms with van der Waals surface area (Å²) in [4.78, 5) is 16.9. The van der Waals surface area contributed by atoms with E-state index in [2.05, 4.69) is 10.0 Å². The van der Waals surface area contributed by atoms with Gasteiger partial charge in [-0.1, -0.05) is 5.11 Å². The second kappa shape index (κ2) is 4.69. The highest BCUT2D eigenvalue weighted by Gasteiger charge is 2.44. The lowest BCUT2D eigenvalue weighted by Crippen LogP contribution is -2.49. The molecule has 2 fully saturated rings. The molecule has 0 aliphatic carbocycles. The smallest absolute Gasteiger partial charge is 0.410 e. The van der Waals surface area contributed by atoms with Crippen LogP contribution in [0.15, 0.2) is 5.11 Å². The number of azide groups is 1. The maximum absolute atomic E-state index is 12.1. The second-order valence-corrected chi connectivity index (χ2v) is 6.10. The Labute approximate surface area is 107 Å². The van der Waals surface area contributed by atoms with Crippen molar-refractivity contribution < 1.29 is 9.53 Å². The molecule has 0 N–H and O–H groups in total. The van der Waals surface area contributed by atoms with Crippen molar-refractivity contribution in [1.82, 2.24) is 4.90 Å². The third-order valence-corrected chi connectivity index (χ3v) is 3.53. The van der Waals surface area contributed by atoms with E-state index in [1.807, 2.05) is 25.7 Å². The summed E-state index contributed by atoms with van der Waals surface area (Å²) in [6.45, 7) is 5.62. The highest BCUT2D eigenvalue weighted by molar-refractivity contribution is 5.69. The molecular weight excluding hydrogens is 232 g/mol. The van der Waals surface area contributed by atoms with Crippen LogP contribution in [-0.2, 0) is 4.74 Å². The fourth-order valence-electron chi connectivity index (χ4n) is 2.93. The summed E-state index contributed by atoms with van der Waals surface area (Å²) in [7, 11) is 0. The van der Waals surface area contributed by atoms with Gasteiger partial charge >= 0.3 is 6.09 Å². The van der Waals surface area contributed by atoms with E-state index < -0.39 is 5.60 Å². The predicted molar refractivity (Wildman–Crippen MR) is 67.1 cm³/mol. The third kappa shape index (κ3) is 2.70. The van der Waals surface area contributed by atoms with Gasteiger partial charge in [0.05, 0.1) is 0 Å². The first-order chi connectivity index (χ1) is 8.40. The Hall–Kier alpha value is -1.42. The molecule has 6 heteroatoms. The molecule has 0 aromatic carbocycles. The predicted octanol–water partition coefficient (Wildman–Crippen LogP) is 3.23. The minimum atomic E-state index is -0.460. The Balaban J connectivity index is 2.04. The molecule has 2 unspecified atom stereocenters. The summed E-state index contributed by atoms with van der Waals surface area (Å²) in [6, 6.07) is 0.384. The Kier molecular flexibility index (Phi) is 3.39. The van der Waals surface area contributed by atoms with Crippen LogP contribution in [-0.4, -0.2) is 34.7 Å². The van der Waals surface area contributed by atoms with Crippen molar-refractivity contribution in [3.05, 3.63) is 10.4 Å². The van der Waals surface area contributed by atoms with Crippen molar-refractivity contribution in [1.29, 1.82) is 0 Å². The van der Waals surface area contributed by atoms with E-state index >= 15 is 0 Å². The first-order valence-electron chi connectivity index (χ1n) is 6.46. The molecule has 0 aromatic rings. The van der Waals surface area contributed by atoms with Crippen LogP contribution < -0.4 is 0 Å². The fourth-order valence-corrected chi connectivity index (χ4v) is 2.93. The molecule has 0 aromatic heterocycles. The summed E-state index contributed by atoms with van der Waals surface area (Å²) >= 11 is 0. The maximum atomic E-state index is 12.1. The van der Waals surface area contributed by atoms with Crippen molar-refractivity contribution in [3.8, 4) is 0 Å². The van der Waals surface area contributed by atoms with Crippen molar-refractivity contribution in [2.75, 3.05) is 0 Å². The highest BCUT2D eigenvalue weighted by Crippen LogP contribution is 2.37. The number of carbonyl (C=O) groups is 1.